The molecule has 0 bridgehead atoms. The normalized spacial score (nSPS) is 12.3. The van der Waals surface area contributed by atoms with E-state index in [4.69, 9.17) is 34.8 Å². The Morgan fingerprint density at radius 2 is 1.73 bits per heavy atom. The molecule has 1 N–H and O–H groups in total. The van der Waals surface area contributed by atoms with Gasteiger partial charge in [-0.25, -0.2) is 4.98 Å². The van der Waals surface area contributed by atoms with Gasteiger partial charge in [0.1, 0.15) is 0 Å². The lowest BCUT2D eigenvalue weighted by atomic mass is 9.94. The van der Waals surface area contributed by atoms with Crippen molar-refractivity contribution in [1.82, 2.24) is 14.5 Å². The standard InChI is InChI=1S/C20H14Cl3N3/c21-15-4-1-13(2-5-15)20(26-8-7-24-12-26)17-11-25-10-16(17)14-3-6-18(22)19(23)9-14/h1-12,20,25H/t20-/m1/s1. The number of aromatic amines is 1. The number of rotatable bonds is 4. The van der Waals surface area contributed by atoms with Gasteiger partial charge in [-0.05, 0) is 35.4 Å². The van der Waals surface area contributed by atoms with Crippen LogP contribution < -0.4 is 0 Å². The molecule has 0 aliphatic carbocycles. The maximum absolute atomic E-state index is 6.22. The molecule has 0 radical (unpaired) electrons. The Kier molecular flexibility index (Phi) is 4.77. The van der Waals surface area contributed by atoms with Gasteiger partial charge < -0.3 is 9.55 Å². The third-order valence-electron chi connectivity index (χ3n) is 4.31. The van der Waals surface area contributed by atoms with Crippen LogP contribution >= 0.6 is 34.8 Å². The fourth-order valence-corrected chi connectivity index (χ4v) is 3.52. The summed E-state index contributed by atoms with van der Waals surface area (Å²) >= 11 is 18.4. The van der Waals surface area contributed by atoms with Gasteiger partial charge in [-0.1, -0.05) is 53.0 Å². The maximum atomic E-state index is 6.22. The summed E-state index contributed by atoms with van der Waals surface area (Å²) < 4.78 is 2.06. The predicted molar refractivity (Wildman–Crippen MR) is 107 cm³/mol. The highest BCUT2D eigenvalue weighted by Gasteiger charge is 2.21. The average molecular weight is 403 g/mol. The number of halogens is 3. The minimum absolute atomic E-state index is 0.0505. The second-order valence-corrected chi connectivity index (χ2v) is 7.17. The number of nitrogens with one attached hydrogen (secondary N) is 1. The quantitative estimate of drug-likeness (QED) is 0.416. The minimum Gasteiger partial charge on any atom is -0.367 e. The molecule has 4 rings (SSSR count). The molecule has 6 heteroatoms. The summed E-state index contributed by atoms with van der Waals surface area (Å²) in [5.74, 6) is 0. The van der Waals surface area contributed by atoms with Crippen molar-refractivity contribution in [3.8, 4) is 11.1 Å². The van der Waals surface area contributed by atoms with Gasteiger partial charge in [0, 0.05) is 40.9 Å². The van der Waals surface area contributed by atoms with Crippen molar-refractivity contribution in [2.24, 2.45) is 0 Å². The van der Waals surface area contributed by atoms with Gasteiger partial charge in [0.15, 0.2) is 0 Å². The monoisotopic (exact) mass is 401 g/mol. The maximum Gasteiger partial charge on any atom is 0.0954 e. The summed E-state index contributed by atoms with van der Waals surface area (Å²) in [6, 6.07) is 13.4. The topological polar surface area (TPSA) is 33.6 Å². The van der Waals surface area contributed by atoms with Crippen molar-refractivity contribution in [1.29, 1.82) is 0 Å². The lowest BCUT2D eigenvalue weighted by Crippen LogP contribution is -2.10. The molecule has 4 aromatic rings. The van der Waals surface area contributed by atoms with Gasteiger partial charge in [0.2, 0.25) is 0 Å². The van der Waals surface area contributed by atoms with Crippen molar-refractivity contribution in [3.05, 3.63) is 99.8 Å². The molecule has 2 heterocycles. The number of hydrogen-bond acceptors (Lipinski definition) is 1. The summed E-state index contributed by atoms with van der Waals surface area (Å²) in [4.78, 5) is 7.43. The molecule has 2 aromatic heterocycles. The first kappa shape index (κ1) is 17.2. The minimum atomic E-state index is -0.0505. The Hall–Kier alpha value is -2.20. The Labute approximate surface area is 166 Å². The van der Waals surface area contributed by atoms with Crippen molar-refractivity contribution in [2.45, 2.75) is 6.04 Å². The van der Waals surface area contributed by atoms with Crippen LogP contribution in [0.5, 0.6) is 0 Å². The van der Waals surface area contributed by atoms with E-state index in [9.17, 15) is 0 Å². The van der Waals surface area contributed by atoms with Gasteiger partial charge >= 0.3 is 0 Å². The summed E-state index contributed by atoms with van der Waals surface area (Å²) in [6.07, 6.45) is 9.50. The van der Waals surface area contributed by atoms with Crippen molar-refractivity contribution in [3.63, 3.8) is 0 Å². The van der Waals surface area contributed by atoms with Crippen LogP contribution in [0.15, 0.2) is 73.6 Å². The largest absolute Gasteiger partial charge is 0.367 e. The molecule has 0 spiro atoms. The highest BCUT2D eigenvalue weighted by molar-refractivity contribution is 6.42. The van der Waals surface area contributed by atoms with Gasteiger partial charge in [-0.15, -0.1) is 0 Å². The lowest BCUT2D eigenvalue weighted by Gasteiger charge is -2.20. The summed E-state index contributed by atoms with van der Waals surface area (Å²) in [5, 5.41) is 1.77. The third kappa shape index (κ3) is 3.26. The van der Waals surface area contributed by atoms with E-state index in [2.05, 4.69) is 14.5 Å². The fraction of sp³-hybridized carbons (Fsp3) is 0.0500. The van der Waals surface area contributed by atoms with E-state index >= 15 is 0 Å². The van der Waals surface area contributed by atoms with Crippen molar-refractivity contribution < 1.29 is 0 Å². The van der Waals surface area contributed by atoms with E-state index in [1.807, 2.05) is 67.4 Å². The molecule has 130 valence electrons. The number of imidazole rings is 1. The Morgan fingerprint density at radius 1 is 0.923 bits per heavy atom. The zero-order valence-corrected chi connectivity index (χ0v) is 15.8. The van der Waals surface area contributed by atoms with Crippen LogP contribution in [0.1, 0.15) is 17.2 Å². The molecule has 3 nitrogen and oxygen atoms in total. The first-order valence-electron chi connectivity index (χ1n) is 7.98. The van der Waals surface area contributed by atoms with E-state index in [-0.39, 0.29) is 6.04 Å². The molecule has 0 saturated carbocycles. The summed E-state index contributed by atoms with van der Waals surface area (Å²) in [5.41, 5.74) is 4.25. The van der Waals surface area contributed by atoms with Crippen LogP contribution in [0.4, 0.5) is 0 Å². The molecule has 0 fully saturated rings. The van der Waals surface area contributed by atoms with E-state index in [0.29, 0.717) is 15.1 Å². The average Bonchev–Trinajstić information content (AvgIpc) is 3.32. The molecule has 26 heavy (non-hydrogen) atoms. The van der Waals surface area contributed by atoms with Crippen molar-refractivity contribution >= 4 is 34.8 Å². The number of aromatic nitrogens is 3. The van der Waals surface area contributed by atoms with Crippen LogP contribution in [0.3, 0.4) is 0 Å². The van der Waals surface area contributed by atoms with Gasteiger partial charge in [-0.2, -0.15) is 0 Å². The first-order chi connectivity index (χ1) is 12.6. The first-order valence-corrected chi connectivity index (χ1v) is 9.12. The van der Waals surface area contributed by atoms with E-state index < -0.39 is 0 Å². The number of hydrogen-bond donors (Lipinski definition) is 1. The van der Waals surface area contributed by atoms with Crippen molar-refractivity contribution in [2.75, 3.05) is 0 Å². The van der Waals surface area contributed by atoms with E-state index in [0.717, 1.165) is 22.3 Å². The van der Waals surface area contributed by atoms with Gasteiger partial charge in [-0.3, -0.25) is 0 Å². The van der Waals surface area contributed by atoms with Crippen LogP contribution in [0.2, 0.25) is 15.1 Å². The fourth-order valence-electron chi connectivity index (χ4n) is 3.10. The highest BCUT2D eigenvalue weighted by atomic mass is 35.5. The summed E-state index contributed by atoms with van der Waals surface area (Å²) in [7, 11) is 0. The second-order valence-electron chi connectivity index (χ2n) is 5.92. The second kappa shape index (κ2) is 7.20. The molecular formula is C20H14Cl3N3. The molecule has 0 aliphatic rings. The van der Waals surface area contributed by atoms with E-state index in [1.54, 1.807) is 6.20 Å². The number of H-pyrrole nitrogens is 1. The van der Waals surface area contributed by atoms with Crippen LogP contribution in [0.25, 0.3) is 11.1 Å². The zero-order valence-electron chi connectivity index (χ0n) is 13.5. The molecule has 2 aromatic carbocycles. The Balaban J connectivity index is 1.86. The Bertz CT molecular complexity index is 1020. The molecule has 0 unspecified atom stereocenters. The SMILES string of the molecule is Clc1ccc([C@H](c2c[nH]cc2-c2ccc(Cl)c(Cl)c2)n2ccnc2)cc1. The zero-order chi connectivity index (χ0) is 18.1. The molecule has 1 atom stereocenters. The van der Waals surface area contributed by atoms with Crippen LogP contribution in [-0.2, 0) is 0 Å². The predicted octanol–water partition coefficient (Wildman–Crippen LogP) is 6.48. The summed E-state index contributed by atoms with van der Waals surface area (Å²) in [6.45, 7) is 0. The lowest BCUT2D eigenvalue weighted by molar-refractivity contribution is 0.679. The van der Waals surface area contributed by atoms with Gasteiger partial charge in [0.25, 0.3) is 0 Å². The molecule has 0 aliphatic heterocycles. The smallest absolute Gasteiger partial charge is 0.0954 e. The van der Waals surface area contributed by atoms with Crippen LogP contribution in [-0.4, -0.2) is 14.5 Å². The molecule has 0 amide bonds. The number of nitrogens with zero attached hydrogens (tertiary/aromatic N) is 2. The Morgan fingerprint density at radius 3 is 2.42 bits per heavy atom. The number of benzene rings is 2. The van der Waals surface area contributed by atoms with E-state index in [1.165, 1.54) is 0 Å². The highest BCUT2D eigenvalue weighted by Crippen LogP contribution is 2.36. The van der Waals surface area contributed by atoms with Crippen LogP contribution in [0, 0.1) is 0 Å². The third-order valence-corrected chi connectivity index (χ3v) is 5.30. The van der Waals surface area contributed by atoms with Gasteiger partial charge in [0.05, 0.1) is 22.4 Å². The molecular weight excluding hydrogens is 389 g/mol. The molecule has 0 saturated heterocycles.